The molecule has 0 aliphatic rings. The molecule has 0 fully saturated rings. The normalized spacial score (nSPS) is 11.9. The Hall–Kier alpha value is -0.460. The molecular formula is C12H2Cl5F4N. The standard InChI is InChI=1S/C12H2Cl5F4N/c13-6-5(7(14)9(16)10(17)8(6)15)4-2-1-3(18)11(22-4)12(19,20)21/h1-2H. The van der Waals surface area contributed by atoms with E-state index in [0.29, 0.717) is 6.07 Å². The van der Waals surface area contributed by atoms with Gasteiger partial charge in [0.05, 0.1) is 30.8 Å². The van der Waals surface area contributed by atoms with Gasteiger partial charge in [0, 0.05) is 5.56 Å². The van der Waals surface area contributed by atoms with Crippen molar-refractivity contribution in [1.82, 2.24) is 4.98 Å². The number of benzene rings is 1. The van der Waals surface area contributed by atoms with Crippen molar-refractivity contribution in [3.05, 3.63) is 48.8 Å². The molecule has 1 aromatic carbocycles. The van der Waals surface area contributed by atoms with Gasteiger partial charge >= 0.3 is 6.18 Å². The van der Waals surface area contributed by atoms with Crippen LogP contribution >= 0.6 is 58.0 Å². The van der Waals surface area contributed by atoms with Crippen LogP contribution in [0, 0.1) is 5.82 Å². The monoisotopic (exact) mass is 411 g/mol. The molecule has 1 nitrogen and oxygen atoms in total. The first-order chi connectivity index (χ1) is 10.1. The van der Waals surface area contributed by atoms with Gasteiger partial charge in [0.2, 0.25) is 0 Å². The Bertz CT molecular complexity index is 731. The molecule has 0 unspecified atom stereocenters. The zero-order valence-electron chi connectivity index (χ0n) is 10.0. The third-order valence-electron chi connectivity index (χ3n) is 2.58. The van der Waals surface area contributed by atoms with Gasteiger partial charge in [0.15, 0.2) is 11.5 Å². The summed E-state index contributed by atoms with van der Waals surface area (Å²) in [4.78, 5) is 3.22. The van der Waals surface area contributed by atoms with Crippen LogP contribution in [0.1, 0.15) is 5.69 Å². The molecule has 2 aromatic rings. The van der Waals surface area contributed by atoms with Gasteiger partial charge < -0.3 is 0 Å². The highest BCUT2D eigenvalue weighted by atomic mass is 35.5. The highest BCUT2D eigenvalue weighted by molar-refractivity contribution is 6.56. The van der Waals surface area contributed by atoms with Crippen molar-refractivity contribution in [2.45, 2.75) is 6.18 Å². The van der Waals surface area contributed by atoms with Crippen LogP contribution < -0.4 is 0 Å². The largest absolute Gasteiger partial charge is 0.436 e. The smallest absolute Gasteiger partial charge is 0.240 e. The fourth-order valence-corrected chi connectivity index (χ4v) is 2.94. The molecule has 10 heteroatoms. The molecular weight excluding hydrogens is 411 g/mol. The van der Waals surface area contributed by atoms with Crippen LogP contribution in [0.2, 0.25) is 25.1 Å². The minimum atomic E-state index is -4.99. The lowest BCUT2D eigenvalue weighted by molar-refractivity contribution is -0.143. The molecule has 2 rings (SSSR count). The average molecular weight is 413 g/mol. The summed E-state index contributed by atoms with van der Waals surface area (Å²) < 4.78 is 51.5. The molecule has 0 spiro atoms. The third-order valence-corrected chi connectivity index (χ3v) is 4.86. The van der Waals surface area contributed by atoms with E-state index in [1.807, 2.05) is 0 Å². The fraction of sp³-hybridized carbons (Fsp3) is 0.0833. The lowest BCUT2D eigenvalue weighted by Gasteiger charge is -2.14. The maximum Gasteiger partial charge on any atom is 0.436 e. The van der Waals surface area contributed by atoms with Gasteiger partial charge in [-0.3, -0.25) is 0 Å². The Morgan fingerprint density at radius 2 is 1.23 bits per heavy atom. The molecule has 0 aliphatic heterocycles. The Balaban J connectivity index is 2.79. The first-order valence-corrected chi connectivity index (χ1v) is 7.20. The Morgan fingerprint density at radius 3 is 1.68 bits per heavy atom. The summed E-state index contributed by atoms with van der Waals surface area (Å²) >= 11 is 29.3. The van der Waals surface area contributed by atoms with Gasteiger partial charge in [-0.2, -0.15) is 13.2 Å². The summed E-state index contributed by atoms with van der Waals surface area (Å²) in [7, 11) is 0. The molecule has 0 amide bonds. The minimum absolute atomic E-state index is 0.153. The van der Waals surface area contributed by atoms with Gasteiger partial charge in [0.1, 0.15) is 0 Å². The van der Waals surface area contributed by atoms with E-state index in [9.17, 15) is 17.6 Å². The Labute approximate surface area is 146 Å². The quantitative estimate of drug-likeness (QED) is 0.274. The molecule has 0 radical (unpaired) electrons. The fourth-order valence-electron chi connectivity index (χ4n) is 1.61. The summed E-state index contributed by atoms with van der Waals surface area (Å²) in [6.45, 7) is 0. The van der Waals surface area contributed by atoms with Gasteiger partial charge in [-0.25, -0.2) is 9.37 Å². The van der Waals surface area contributed by atoms with E-state index in [2.05, 4.69) is 4.98 Å². The summed E-state index contributed by atoms with van der Waals surface area (Å²) in [5.74, 6) is -1.53. The first kappa shape index (κ1) is 17.9. The van der Waals surface area contributed by atoms with Crippen molar-refractivity contribution in [1.29, 1.82) is 0 Å². The lowest BCUT2D eigenvalue weighted by Crippen LogP contribution is -2.11. The van der Waals surface area contributed by atoms with Crippen LogP contribution in [0.25, 0.3) is 11.3 Å². The summed E-state index contributed by atoms with van der Waals surface area (Å²) in [5.41, 5.74) is -2.23. The Kier molecular flexibility index (Phi) is 5.05. The van der Waals surface area contributed by atoms with E-state index in [0.717, 1.165) is 6.07 Å². The molecule has 0 N–H and O–H groups in total. The molecule has 1 aromatic heterocycles. The number of rotatable bonds is 1. The number of hydrogen-bond donors (Lipinski definition) is 0. The van der Waals surface area contributed by atoms with E-state index in [-0.39, 0.29) is 36.4 Å². The second kappa shape index (κ2) is 6.21. The topological polar surface area (TPSA) is 12.9 Å². The van der Waals surface area contributed by atoms with Crippen molar-refractivity contribution >= 4 is 58.0 Å². The molecule has 0 aliphatic carbocycles. The minimum Gasteiger partial charge on any atom is -0.240 e. The predicted octanol–water partition coefficient (Wildman–Crippen LogP) is 7.17. The van der Waals surface area contributed by atoms with E-state index >= 15 is 0 Å². The zero-order valence-corrected chi connectivity index (χ0v) is 13.8. The number of hydrogen-bond acceptors (Lipinski definition) is 1. The van der Waals surface area contributed by atoms with E-state index in [1.165, 1.54) is 0 Å². The molecule has 22 heavy (non-hydrogen) atoms. The van der Waals surface area contributed by atoms with E-state index in [1.54, 1.807) is 0 Å². The van der Waals surface area contributed by atoms with Crippen LogP contribution in [-0.4, -0.2) is 4.98 Å². The van der Waals surface area contributed by atoms with E-state index < -0.39 is 17.7 Å². The first-order valence-electron chi connectivity index (χ1n) is 5.31. The van der Waals surface area contributed by atoms with Crippen LogP contribution in [-0.2, 0) is 6.18 Å². The van der Waals surface area contributed by atoms with Gasteiger partial charge in [-0.15, -0.1) is 0 Å². The lowest BCUT2D eigenvalue weighted by atomic mass is 10.1. The van der Waals surface area contributed by atoms with Crippen LogP contribution in [0.4, 0.5) is 17.6 Å². The molecule has 0 atom stereocenters. The number of pyridine rings is 1. The second-order valence-corrected chi connectivity index (χ2v) is 5.86. The Morgan fingerprint density at radius 1 is 0.773 bits per heavy atom. The number of nitrogens with zero attached hydrogens (tertiary/aromatic N) is 1. The number of alkyl halides is 3. The summed E-state index contributed by atoms with van der Waals surface area (Å²) in [6, 6.07) is 1.56. The van der Waals surface area contributed by atoms with Gasteiger partial charge in [0.25, 0.3) is 0 Å². The SMILES string of the molecule is Fc1ccc(-c2c(Cl)c(Cl)c(Cl)c(Cl)c2Cl)nc1C(F)(F)F. The summed E-state index contributed by atoms with van der Waals surface area (Å²) in [6.07, 6.45) is -4.99. The third kappa shape index (κ3) is 3.10. The second-order valence-electron chi connectivity index (χ2n) is 3.97. The van der Waals surface area contributed by atoms with Crippen LogP contribution in [0.5, 0.6) is 0 Å². The van der Waals surface area contributed by atoms with Gasteiger partial charge in [-0.05, 0) is 12.1 Å². The predicted molar refractivity (Wildman–Crippen MR) is 79.7 cm³/mol. The highest BCUT2D eigenvalue weighted by Gasteiger charge is 2.37. The van der Waals surface area contributed by atoms with Crippen LogP contribution in [0.3, 0.4) is 0 Å². The molecule has 0 bridgehead atoms. The molecule has 0 saturated heterocycles. The van der Waals surface area contributed by atoms with Crippen molar-refractivity contribution in [3.8, 4) is 11.3 Å². The maximum atomic E-state index is 13.3. The summed E-state index contributed by atoms with van der Waals surface area (Å²) in [5, 5.41) is -1.04. The van der Waals surface area contributed by atoms with Crippen molar-refractivity contribution in [2.75, 3.05) is 0 Å². The number of aromatic nitrogens is 1. The molecule has 118 valence electrons. The molecule has 1 heterocycles. The van der Waals surface area contributed by atoms with Crippen molar-refractivity contribution in [3.63, 3.8) is 0 Å². The van der Waals surface area contributed by atoms with Crippen molar-refractivity contribution < 1.29 is 17.6 Å². The maximum absolute atomic E-state index is 13.3. The average Bonchev–Trinajstić information content (AvgIpc) is 2.43. The van der Waals surface area contributed by atoms with Crippen molar-refractivity contribution in [2.24, 2.45) is 0 Å². The van der Waals surface area contributed by atoms with Crippen LogP contribution in [0.15, 0.2) is 12.1 Å². The number of halogens is 9. The van der Waals surface area contributed by atoms with E-state index in [4.69, 9.17) is 58.0 Å². The molecule has 0 saturated carbocycles. The zero-order chi connectivity index (χ0) is 16.8. The van der Waals surface area contributed by atoms with Gasteiger partial charge in [-0.1, -0.05) is 58.0 Å². The highest BCUT2D eigenvalue weighted by Crippen LogP contribution is 2.48.